The van der Waals surface area contributed by atoms with E-state index in [0.29, 0.717) is 11.3 Å². The second-order valence-corrected chi connectivity index (χ2v) is 6.88. The highest BCUT2D eigenvalue weighted by Crippen LogP contribution is 2.34. The van der Waals surface area contributed by atoms with Gasteiger partial charge in [-0.1, -0.05) is 0 Å². The summed E-state index contributed by atoms with van der Waals surface area (Å²) >= 11 is 0. The number of hydrogen-bond donors (Lipinski definition) is 1. The molecule has 2 aliphatic rings. The molecule has 0 spiro atoms. The van der Waals surface area contributed by atoms with Crippen molar-refractivity contribution >= 4 is 5.91 Å². The van der Waals surface area contributed by atoms with Crippen LogP contribution in [0.5, 0.6) is 11.6 Å². The molecule has 0 bridgehead atoms. The van der Waals surface area contributed by atoms with Gasteiger partial charge in [-0.05, 0) is 30.2 Å². The maximum absolute atomic E-state index is 12.9. The summed E-state index contributed by atoms with van der Waals surface area (Å²) in [5.74, 6) is -0.174. The zero-order valence-electron chi connectivity index (χ0n) is 14.9. The normalized spacial score (nSPS) is 21.0. The number of carbonyl (C=O) groups excluding carboxylic acids is 1. The van der Waals surface area contributed by atoms with Gasteiger partial charge in [0, 0.05) is 19.0 Å². The first-order valence-electron chi connectivity index (χ1n) is 8.87. The van der Waals surface area contributed by atoms with Crippen LogP contribution < -0.4 is 14.8 Å². The average molecular weight is 417 g/mol. The Morgan fingerprint density at radius 2 is 2.07 bits per heavy atom. The number of rotatable bonds is 3. The van der Waals surface area contributed by atoms with E-state index < -0.39 is 36.2 Å². The van der Waals surface area contributed by atoms with E-state index in [1.54, 1.807) is 0 Å². The molecule has 1 aromatic carbocycles. The molecule has 1 unspecified atom stereocenters. The number of benzene rings is 1. The van der Waals surface area contributed by atoms with Crippen LogP contribution in [0.25, 0.3) is 0 Å². The molecule has 0 fully saturated rings. The van der Waals surface area contributed by atoms with Gasteiger partial charge in [0.25, 0.3) is 12.3 Å². The van der Waals surface area contributed by atoms with Crippen LogP contribution >= 0.6 is 0 Å². The Bertz CT molecular complexity index is 928. The van der Waals surface area contributed by atoms with Gasteiger partial charge >= 0.3 is 6.18 Å². The number of aryl methyl sites for hydroxylation is 1. The third kappa shape index (κ3) is 3.99. The van der Waals surface area contributed by atoms with Gasteiger partial charge in [-0.3, -0.25) is 4.79 Å². The van der Waals surface area contributed by atoms with E-state index in [9.17, 15) is 26.7 Å². The minimum absolute atomic E-state index is 0.0234. The summed E-state index contributed by atoms with van der Waals surface area (Å²) in [6.45, 7) is 0.277. The molecular formula is C18H16F5N3O3. The van der Waals surface area contributed by atoms with Gasteiger partial charge in [-0.25, -0.2) is 13.5 Å². The van der Waals surface area contributed by atoms with E-state index in [0.717, 1.165) is 12.1 Å². The molecule has 2 aliphatic heterocycles. The van der Waals surface area contributed by atoms with Crippen molar-refractivity contribution in [3.8, 4) is 11.6 Å². The monoisotopic (exact) mass is 417 g/mol. The third-order valence-electron chi connectivity index (χ3n) is 4.78. The lowest BCUT2D eigenvalue weighted by molar-refractivity contribution is -0.137. The van der Waals surface area contributed by atoms with Crippen molar-refractivity contribution in [2.24, 2.45) is 0 Å². The number of ether oxygens (including phenoxy) is 2. The second kappa shape index (κ2) is 7.20. The molecule has 156 valence electrons. The molecular weight excluding hydrogens is 401 g/mol. The topological polar surface area (TPSA) is 65.4 Å². The molecule has 2 aromatic rings. The number of nitrogens with zero attached hydrogens (tertiary/aromatic N) is 2. The number of halogens is 5. The fourth-order valence-electron chi connectivity index (χ4n) is 3.33. The Kier molecular flexibility index (Phi) is 4.83. The Hall–Kier alpha value is -2.85. The van der Waals surface area contributed by atoms with E-state index in [2.05, 4.69) is 10.4 Å². The molecule has 2 atom stereocenters. The van der Waals surface area contributed by atoms with Gasteiger partial charge in [0.05, 0.1) is 11.6 Å². The number of carbonyl (C=O) groups is 1. The van der Waals surface area contributed by atoms with Crippen LogP contribution in [0.3, 0.4) is 0 Å². The van der Waals surface area contributed by atoms with Crippen molar-refractivity contribution in [3.63, 3.8) is 0 Å². The van der Waals surface area contributed by atoms with Crippen LogP contribution in [-0.2, 0) is 19.1 Å². The summed E-state index contributed by atoms with van der Waals surface area (Å²) in [5.41, 5.74) is -0.479. The zero-order chi connectivity index (χ0) is 20.8. The summed E-state index contributed by atoms with van der Waals surface area (Å²) in [4.78, 5) is 12.5. The summed E-state index contributed by atoms with van der Waals surface area (Å²) in [6, 6.07) is 3.91. The fraction of sp³-hybridized carbons (Fsp3) is 0.444. The van der Waals surface area contributed by atoms with Gasteiger partial charge in [-0.15, -0.1) is 0 Å². The Labute approximate surface area is 161 Å². The Morgan fingerprint density at radius 3 is 2.79 bits per heavy atom. The van der Waals surface area contributed by atoms with Crippen molar-refractivity contribution in [1.29, 1.82) is 0 Å². The second-order valence-electron chi connectivity index (χ2n) is 6.88. The van der Waals surface area contributed by atoms with E-state index in [1.165, 1.54) is 16.8 Å². The molecule has 4 rings (SSSR count). The lowest BCUT2D eigenvalue weighted by Gasteiger charge is -2.26. The summed E-state index contributed by atoms with van der Waals surface area (Å²) < 4.78 is 76.2. The predicted octanol–water partition coefficient (Wildman–Crippen LogP) is 3.05. The minimum Gasteiger partial charge on any atom is -0.491 e. The fourth-order valence-corrected chi connectivity index (χ4v) is 3.33. The average Bonchev–Trinajstić information content (AvgIpc) is 3.10. The SMILES string of the molecule is O=C(N[C@H]1COc2ccc(C(F)(F)F)cc2C1)c1cc2n(n1)CCC(C(F)F)O2. The highest BCUT2D eigenvalue weighted by molar-refractivity contribution is 5.92. The highest BCUT2D eigenvalue weighted by atomic mass is 19.4. The number of hydrogen-bond acceptors (Lipinski definition) is 4. The molecule has 1 N–H and O–H groups in total. The predicted molar refractivity (Wildman–Crippen MR) is 89.2 cm³/mol. The molecule has 0 saturated heterocycles. The molecule has 29 heavy (non-hydrogen) atoms. The van der Waals surface area contributed by atoms with Gasteiger partial charge in [-0.2, -0.15) is 18.3 Å². The minimum atomic E-state index is -4.48. The van der Waals surface area contributed by atoms with Crippen molar-refractivity contribution in [2.75, 3.05) is 6.61 Å². The molecule has 1 aromatic heterocycles. The molecule has 6 nitrogen and oxygen atoms in total. The zero-order valence-corrected chi connectivity index (χ0v) is 14.9. The maximum atomic E-state index is 12.9. The van der Waals surface area contributed by atoms with Crippen LogP contribution in [0.2, 0.25) is 0 Å². The van der Waals surface area contributed by atoms with E-state index in [1.807, 2.05) is 0 Å². The summed E-state index contributed by atoms with van der Waals surface area (Å²) in [5, 5.41) is 6.70. The first kappa shape index (κ1) is 19.5. The Morgan fingerprint density at radius 1 is 1.28 bits per heavy atom. The maximum Gasteiger partial charge on any atom is 0.416 e. The molecule has 3 heterocycles. The highest BCUT2D eigenvalue weighted by Gasteiger charge is 2.33. The number of aromatic nitrogens is 2. The molecule has 11 heteroatoms. The first-order valence-corrected chi connectivity index (χ1v) is 8.87. The van der Waals surface area contributed by atoms with E-state index in [4.69, 9.17) is 9.47 Å². The quantitative estimate of drug-likeness (QED) is 0.780. The van der Waals surface area contributed by atoms with Crippen molar-refractivity contribution < 1.29 is 36.2 Å². The Balaban J connectivity index is 1.44. The number of fused-ring (bicyclic) bond motifs is 2. The first-order chi connectivity index (χ1) is 13.7. The summed E-state index contributed by atoms with van der Waals surface area (Å²) in [6.07, 6.45) is -8.14. The standard InChI is InChI=1S/C18H16F5N3O3/c19-16(20)14-3-4-26-15(29-14)7-12(25-26)17(27)24-11-6-9-5-10(18(21,22)23)1-2-13(9)28-8-11/h1-2,5,7,11,14,16H,3-4,6,8H2,(H,24,27)/t11-,14?/m1/s1. The van der Waals surface area contributed by atoms with Crippen molar-refractivity contribution in [2.45, 2.75) is 44.1 Å². The number of alkyl halides is 5. The van der Waals surface area contributed by atoms with Crippen LogP contribution in [0.1, 0.15) is 28.0 Å². The van der Waals surface area contributed by atoms with Crippen molar-refractivity contribution in [3.05, 3.63) is 41.1 Å². The molecule has 1 amide bonds. The molecule has 0 aliphatic carbocycles. The van der Waals surface area contributed by atoms with Crippen molar-refractivity contribution in [1.82, 2.24) is 15.1 Å². The lowest BCUT2D eigenvalue weighted by atomic mass is 10.00. The largest absolute Gasteiger partial charge is 0.491 e. The number of amides is 1. The van der Waals surface area contributed by atoms with Crippen LogP contribution in [-0.4, -0.2) is 40.9 Å². The molecule has 0 saturated carbocycles. The number of nitrogens with one attached hydrogen (secondary N) is 1. The van der Waals surface area contributed by atoms with Crippen LogP contribution in [0.4, 0.5) is 22.0 Å². The van der Waals surface area contributed by atoms with E-state index >= 15 is 0 Å². The van der Waals surface area contributed by atoms with E-state index in [-0.39, 0.29) is 37.6 Å². The summed E-state index contributed by atoms with van der Waals surface area (Å²) in [7, 11) is 0. The third-order valence-corrected chi connectivity index (χ3v) is 4.78. The van der Waals surface area contributed by atoms with Gasteiger partial charge < -0.3 is 14.8 Å². The van der Waals surface area contributed by atoms with Gasteiger partial charge in [0.1, 0.15) is 12.4 Å². The van der Waals surface area contributed by atoms with Gasteiger partial charge in [0.2, 0.25) is 5.88 Å². The van der Waals surface area contributed by atoms with Crippen LogP contribution in [0.15, 0.2) is 24.3 Å². The van der Waals surface area contributed by atoms with Crippen LogP contribution in [0, 0.1) is 0 Å². The lowest BCUT2D eigenvalue weighted by Crippen LogP contribution is -2.43. The van der Waals surface area contributed by atoms with Gasteiger partial charge in [0.15, 0.2) is 11.8 Å². The smallest absolute Gasteiger partial charge is 0.416 e. The molecule has 0 radical (unpaired) electrons.